The van der Waals surface area contributed by atoms with Crippen molar-refractivity contribution in [3.05, 3.63) is 29.3 Å². The first-order chi connectivity index (χ1) is 8.88. The van der Waals surface area contributed by atoms with Gasteiger partial charge >= 0.3 is 6.18 Å². The minimum absolute atomic E-state index is 0.0272. The zero-order valence-corrected chi connectivity index (χ0v) is 10.7. The lowest BCUT2D eigenvalue weighted by molar-refractivity contribution is -0.138. The largest absolute Gasteiger partial charge is 0.492 e. The van der Waals surface area contributed by atoms with Crippen molar-refractivity contribution in [3.63, 3.8) is 0 Å². The second-order valence-electron chi connectivity index (χ2n) is 3.77. The van der Waals surface area contributed by atoms with Gasteiger partial charge in [0.05, 0.1) is 11.6 Å². The maximum atomic E-state index is 11.8. The highest BCUT2D eigenvalue weighted by atomic mass is 35.5. The smallest absolute Gasteiger partial charge is 0.405 e. The fourth-order valence-electron chi connectivity index (χ4n) is 1.26. The van der Waals surface area contributed by atoms with E-state index in [4.69, 9.17) is 16.3 Å². The predicted molar refractivity (Wildman–Crippen MR) is 65.2 cm³/mol. The minimum atomic E-state index is -4.39. The van der Waals surface area contributed by atoms with Gasteiger partial charge in [0.15, 0.2) is 0 Å². The molecule has 1 aromatic carbocycles. The Morgan fingerprint density at radius 3 is 2.63 bits per heavy atom. The van der Waals surface area contributed by atoms with Gasteiger partial charge in [-0.2, -0.15) is 13.2 Å². The Morgan fingerprint density at radius 2 is 2.00 bits per heavy atom. The molecule has 19 heavy (non-hydrogen) atoms. The first-order valence-corrected chi connectivity index (χ1v) is 5.97. The van der Waals surface area contributed by atoms with Gasteiger partial charge in [-0.15, -0.1) is 0 Å². The Hall–Kier alpha value is -1.43. The third-order valence-electron chi connectivity index (χ3n) is 2.13. The standard InChI is InChI=1S/C12H13ClF3NO2/c13-9-4-1-2-5-10(9)19-7-3-6-11(18)17-8-12(14,15)16/h1-2,4-5H,3,6-8H2,(H,17,18). The number of amides is 1. The fraction of sp³-hybridized carbons (Fsp3) is 0.417. The molecule has 0 aromatic heterocycles. The van der Waals surface area contributed by atoms with Crippen molar-refractivity contribution >= 4 is 17.5 Å². The molecule has 1 amide bonds. The zero-order valence-electron chi connectivity index (χ0n) is 9.97. The van der Waals surface area contributed by atoms with E-state index in [2.05, 4.69) is 0 Å². The molecule has 106 valence electrons. The van der Waals surface area contributed by atoms with Crippen LogP contribution in [0.1, 0.15) is 12.8 Å². The number of nitrogens with one attached hydrogen (secondary N) is 1. The molecule has 0 heterocycles. The summed E-state index contributed by atoms with van der Waals surface area (Å²) in [6.07, 6.45) is -4.10. The lowest BCUT2D eigenvalue weighted by atomic mass is 10.3. The SMILES string of the molecule is O=C(CCCOc1ccccc1Cl)NCC(F)(F)F. The molecule has 0 fully saturated rings. The number of benzene rings is 1. The molecular formula is C12H13ClF3NO2. The van der Waals surface area contributed by atoms with Gasteiger partial charge in [-0.3, -0.25) is 4.79 Å². The number of ether oxygens (including phenoxy) is 1. The van der Waals surface area contributed by atoms with E-state index < -0.39 is 18.6 Å². The average Bonchev–Trinajstić information content (AvgIpc) is 2.33. The Labute approximate surface area is 113 Å². The van der Waals surface area contributed by atoms with Crippen molar-refractivity contribution in [1.82, 2.24) is 5.32 Å². The Bertz CT molecular complexity index is 424. The highest BCUT2D eigenvalue weighted by molar-refractivity contribution is 6.32. The summed E-state index contributed by atoms with van der Waals surface area (Å²) >= 11 is 5.84. The van der Waals surface area contributed by atoms with Gasteiger partial charge in [0.2, 0.25) is 5.91 Å². The Kier molecular flexibility index (Phi) is 5.95. The van der Waals surface area contributed by atoms with Crippen LogP contribution >= 0.6 is 11.6 Å². The van der Waals surface area contributed by atoms with Gasteiger partial charge in [0.1, 0.15) is 12.3 Å². The third-order valence-corrected chi connectivity index (χ3v) is 2.44. The van der Waals surface area contributed by atoms with E-state index in [1.54, 1.807) is 29.6 Å². The van der Waals surface area contributed by atoms with Crippen LogP contribution in [0.15, 0.2) is 24.3 Å². The Balaban J connectivity index is 2.17. The lowest BCUT2D eigenvalue weighted by Gasteiger charge is -2.09. The van der Waals surface area contributed by atoms with E-state index in [9.17, 15) is 18.0 Å². The van der Waals surface area contributed by atoms with E-state index in [1.165, 1.54) is 0 Å². The van der Waals surface area contributed by atoms with Crippen molar-refractivity contribution < 1.29 is 22.7 Å². The van der Waals surface area contributed by atoms with Crippen LogP contribution in [0.5, 0.6) is 5.75 Å². The number of halogens is 4. The van der Waals surface area contributed by atoms with Gasteiger partial charge in [0.25, 0.3) is 0 Å². The lowest BCUT2D eigenvalue weighted by Crippen LogP contribution is -2.33. The Morgan fingerprint density at radius 1 is 1.32 bits per heavy atom. The molecule has 0 spiro atoms. The summed E-state index contributed by atoms with van der Waals surface area (Å²) < 4.78 is 40.7. The van der Waals surface area contributed by atoms with Gasteiger partial charge < -0.3 is 10.1 Å². The zero-order chi connectivity index (χ0) is 14.3. The molecule has 1 N–H and O–H groups in total. The van der Waals surface area contributed by atoms with Crippen LogP contribution in [0.3, 0.4) is 0 Å². The molecule has 0 aliphatic heterocycles. The quantitative estimate of drug-likeness (QED) is 0.819. The molecular weight excluding hydrogens is 283 g/mol. The van der Waals surface area contributed by atoms with Crippen molar-refractivity contribution in [1.29, 1.82) is 0 Å². The van der Waals surface area contributed by atoms with Crippen LogP contribution in [-0.2, 0) is 4.79 Å². The van der Waals surface area contributed by atoms with E-state index >= 15 is 0 Å². The first-order valence-electron chi connectivity index (χ1n) is 5.59. The highest BCUT2D eigenvalue weighted by Gasteiger charge is 2.27. The molecule has 7 heteroatoms. The fourth-order valence-corrected chi connectivity index (χ4v) is 1.45. The number of hydrogen-bond acceptors (Lipinski definition) is 2. The molecule has 0 bridgehead atoms. The highest BCUT2D eigenvalue weighted by Crippen LogP contribution is 2.23. The maximum absolute atomic E-state index is 11.8. The first kappa shape index (κ1) is 15.6. The van der Waals surface area contributed by atoms with Crippen molar-refractivity contribution in [3.8, 4) is 5.75 Å². The topological polar surface area (TPSA) is 38.3 Å². The molecule has 1 rings (SSSR count). The molecule has 0 saturated heterocycles. The van der Waals surface area contributed by atoms with E-state index in [0.29, 0.717) is 17.2 Å². The van der Waals surface area contributed by atoms with Crippen molar-refractivity contribution in [2.24, 2.45) is 0 Å². The normalized spacial score (nSPS) is 11.2. The summed E-state index contributed by atoms with van der Waals surface area (Å²) in [6.45, 7) is -1.10. The second kappa shape index (κ2) is 7.23. The van der Waals surface area contributed by atoms with Crippen molar-refractivity contribution in [2.45, 2.75) is 19.0 Å². The third kappa shape index (κ3) is 6.91. The molecule has 0 radical (unpaired) electrons. The van der Waals surface area contributed by atoms with Crippen LogP contribution in [0.25, 0.3) is 0 Å². The number of rotatable bonds is 6. The van der Waals surface area contributed by atoms with E-state index in [0.717, 1.165) is 0 Å². The summed E-state index contributed by atoms with van der Waals surface area (Å²) in [5.74, 6) is -0.167. The van der Waals surface area contributed by atoms with Crippen LogP contribution in [0.4, 0.5) is 13.2 Å². The van der Waals surface area contributed by atoms with Crippen LogP contribution < -0.4 is 10.1 Å². The number of carbonyl (C=O) groups excluding carboxylic acids is 1. The number of carbonyl (C=O) groups is 1. The van der Waals surface area contributed by atoms with Gasteiger partial charge in [0, 0.05) is 6.42 Å². The minimum Gasteiger partial charge on any atom is -0.492 e. The van der Waals surface area contributed by atoms with E-state index in [-0.39, 0.29) is 13.0 Å². The summed E-state index contributed by atoms with van der Waals surface area (Å²) in [7, 11) is 0. The second-order valence-corrected chi connectivity index (χ2v) is 4.18. The molecule has 0 unspecified atom stereocenters. The number of para-hydroxylation sites is 1. The number of hydrogen-bond donors (Lipinski definition) is 1. The molecule has 0 aliphatic rings. The van der Waals surface area contributed by atoms with E-state index in [1.807, 2.05) is 0 Å². The molecule has 0 aliphatic carbocycles. The molecule has 0 atom stereocenters. The summed E-state index contributed by atoms with van der Waals surface area (Å²) in [5.41, 5.74) is 0. The van der Waals surface area contributed by atoms with Gasteiger partial charge in [-0.25, -0.2) is 0 Å². The summed E-state index contributed by atoms with van der Waals surface area (Å²) in [4.78, 5) is 11.1. The van der Waals surface area contributed by atoms with Gasteiger partial charge in [-0.05, 0) is 18.6 Å². The average molecular weight is 296 g/mol. The summed E-state index contributed by atoms with van der Waals surface area (Å²) in [5, 5.41) is 2.24. The summed E-state index contributed by atoms with van der Waals surface area (Å²) in [6, 6.07) is 6.83. The van der Waals surface area contributed by atoms with Gasteiger partial charge in [-0.1, -0.05) is 23.7 Å². The maximum Gasteiger partial charge on any atom is 0.405 e. The number of alkyl halides is 3. The predicted octanol–water partition coefficient (Wildman–Crippen LogP) is 3.18. The molecule has 3 nitrogen and oxygen atoms in total. The van der Waals surface area contributed by atoms with Crippen molar-refractivity contribution in [2.75, 3.05) is 13.2 Å². The molecule has 0 saturated carbocycles. The van der Waals surface area contributed by atoms with Crippen LogP contribution in [0.2, 0.25) is 5.02 Å². The monoisotopic (exact) mass is 295 g/mol. The van der Waals surface area contributed by atoms with Crippen LogP contribution in [-0.4, -0.2) is 25.2 Å². The van der Waals surface area contributed by atoms with Crippen LogP contribution in [0, 0.1) is 0 Å². The molecule has 1 aromatic rings.